The van der Waals surface area contributed by atoms with E-state index in [1.807, 2.05) is 42.2 Å². The van der Waals surface area contributed by atoms with E-state index >= 15 is 0 Å². The highest BCUT2D eigenvalue weighted by atomic mass is 16.6. The molecule has 0 aromatic heterocycles. The number of carbonyl (C=O) groups excluding carboxylic acids is 3. The van der Waals surface area contributed by atoms with Crippen molar-refractivity contribution in [1.29, 1.82) is 0 Å². The number of likely N-dealkylation sites (tertiary alicyclic amines) is 1. The summed E-state index contributed by atoms with van der Waals surface area (Å²) in [5.41, 5.74) is 2.64. The molecule has 6 rings (SSSR count). The standard InChI is InChI=1S/C27H25N3O6/c1-15-12-21-22-23(27(33)28(26(22)32)14-18-8-5-11-36-18)24(29(21)20-10-3-2-9-19(15)20)25(31)16-6-4-7-17(13-16)30(34)35/h2-4,6-7,9-10,12-13,18,21-24H,5,8,11,14H2,1H3/t18-,21+,22-,23-,24+/m0/s1. The van der Waals surface area contributed by atoms with Crippen molar-refractivity contribution in [1.82, 2.24) is 4.90 Å². The van der Waals surface area contributed by atoms with E-state index in [0.717, 1.165) is 29.7 Å². The fraction of sp³-hybridized carbons (Fsp3) is 0.370. The van der Waals surface area contributed by atoms with Gasteiger partial charge in [-0.3, -0.25) is 29.4 Å². The molecule has 0 saturated carbocycles. The number of nitrogens with zero attached hydrogens (tertiary/aromatic N) is 3. The van der Waals surface area contributed by atoms with E-state index in [2.05, 4.69) is 0 Å². The number of imide groups is 1. The van der Waals surface area contributed by atoms with Crippen molar-refractivity contribution in [2.45, 2.75) is 38.0 Å². The third-order valence-corrected chi connectivity index (χ3v) is 7.87. The molecule has 3 fully saturated rings. The van der Waals surface area contributed by atoms with Crippen LogP contribution >= 0.6 is 0 Å². The zero-order valence-electron chi connectivity index (χ0n) is 19.7. The third kappa shape index (κ3) is 3.30. The monoisotopic (exact) mass is 487 g/mol. The Kier molecular flexibility index (Phi) is 5.26. The van der Waals surface area contributed by atoms with Crippen LogP contribution in [0.2, 0.25) is 0 Å². The first-order valence-corrected chi connectivity index (χ1v) is 12.2. The van der Waals surface area contributed by atoms with Gasteiger partial charge in [0.2, 0.25) is 11.8 Å². The van der Waals surface area contributed by atoms with Crippen LogP contribution < -0.4 is 4.90 Å². The third-order valence-electron chi connectivity index (χ3n) is 7.87. The predicted molar refractivity (Wildman–Crippen MR) is 130 cm³/mol. The molecule has 0 radical (unpaired) electrons. The molecule has 0 N–H and O–H groups in total. The predicted octanol–water partition coefficient (Wildman–Crippen LogP) is 3.23. The normalized spacial score (nSPS) is 28.6. The number of para-hydroxylation sites is 1. The number of nitro groups is 1. The van der Waals surface area contributed by atoms with Gasteiger partial charge in [0.05, 0.1) is 35.4 Å². The minimum Gasteiger partial charge on any atom is -0.376 e. The molecule has 9 nitrogen and oxygen atoms in total. The minimum absolute atomic E-state index is 0.148. The SMILES string of the molecule is CC1=C[C@@H]2[C@@H]3C(=O)N(C[C@@H]4CCCO4)C(=O)[C@@H]3[C@H](C(=O)c3cccc([N+](=O)[O-])c3)N2c2ccccc21. The second-order valence-electron chi connectivity index (χ2n) is 9.85. The van der Waals surface area contributed by atoms with Crippen LogP contribution in [0.25, 0.3) is 5.57 Å². The second-order valence-corrected chi connectivity index (χ2v) is 9.85. The molecular weight excluding hydrogens is 462 g/mol. The van der Waals surface area contributed by atoms with Crippen LogP contribution in [0.3, 0.4) is 0 Å². The number of anilines is 1. The van der Waals surface area contributed by atoms with Gasteiger partial charge in [0.15, 0.2) is 5.78 Å². The zero-order valence-corrected chi connectivity index (χ0v) is 19.7. The molecule has 9 heteroatoms. The number of non-ortho nitro benzene ring substituents is 1. The molecule has 0 bridgehead atoms. The summed E-state index contributed by atoms with van der Waals surface area (Å²) in [6.07, 6.45) is 3.45. The molecule has 36 heavy (non-hydrogen) atoms. The summed E-state index contributed by atoms with van der Waals surface area (Å²) in [4.78, 5) is 55.5. The van der Waals surface area contributed by atoms with Crippen LogP contribution in [0, 0.1) is 22.0 Å². The van der Waals surface area contributed by atoms with E-state index in [1.165, 1.54) is 29.2 Å². The summed E-state index contributed by atoms with van der Waals surface area (Å²) >= 11 is 0. The van der Waals surface area contributed by atoms with Gasteiger partial charge in [-0.2, -0.15) is 0 Å². The lowest BCUT2D eigenvalue weighted by Crippen LogP contribution is -2.49. The number of ketones is 1. The molecule has 2 aromatic carbocycles. The number of allylic oxidation sites excluding steroid dienone is 1. The molecule has 0 spiro atoms. The number of nitro benzene ring substituents is 1. The van der Waals surface area contributed by atoms with Crippen LogP contribution in [-0.2, 0) is 14.3 Å². The molecule has 184 valence electrons. The highest BCUT2D eigenvalue weighted by Gasteiger charge is 2.64. The molecular formula is C27H25N3O6. The van der Waals surface area contributed by atoms with Crippen LogP contribution in [0.4, 0.5) is 11.4 Å². The van der Waals surface area contributed by atoms with Gasteiger partial charge in [-0.15, -0.1) is 0 Å². The Balaban J connectivity index is 1.46. The molecule has 0 aliphatic carbocycles. The molecule has 4 heterocycles. The Morgan fingerprint density at radius 1 is 1.11 bits per heavy atom. The second kappa shape index (κ2) is 8.37. The van der Waals surface area contributed by atoms with Gasteiger partial charge in [-0.25, -0.2) is 0 Å². The van der Waals surface area contributed by atoms with E-state index in [4.69, 9.17) is 4.74 Å². The molecule has 4 aliphatic rings. The van der Waals surface area contributed by atoms with Crippen molar-refractivity contribution in [2.75, 3.05) is 18.1 Å². The van der Waals surface area contributed by atoms with Gasteiger partial charge in [-0.05, 0) is 31.4 Å². The lowest BCUT2D eigenvalue weighted by Gasteiger charge is -2.38. The summed E-state index contributed by atoms with van der Waals surface area (Å²) in [5.74, 6) is -2.66. The van der Waals surface area contributed by atoms with Crippen molar-refractivity contribution in [2.24, 2.45) is 11.8 Å². The molecule has 5 atom stereocenters. The van der Waals surface area contributed by atoms with Crippen molar-refractivity contribution in [3.63, 3.8) is 0 Å². The van der Waals surface area contributed by atoms with Gasteiger partial charge >= 0.3 is 0 Å². The molecule has 0 unspecified atom stereocenters. The summed E-state index contributed by atoms with van der Waals surface area (Å²) < 4.78 is 5.68. The Morgan fingerprint density at radius 2 is 1.89 bits per heavy atom. The summed E-state index contributed by atoms with van der Waals surface area (Å²) in [5, 5.41) is 11.4. The number of hydrogen-bond acceptors (Lipinski definition) is 7. The largest absolute Gasteiger partial charge is 0.376 e. The van der Waals surface area contributed by atoms with E-state index in [9.17, 15) is 24.5 Å². The number of carbonyl (C=O) groups is 3. The zero-order chi connectivity index (χ0) is 25.1. The number of ether oxygens (including phenoxy) is 1. The van der Waals surface area contributed by atoms with Gasteiger partial charge in [0.1, 0.15) is 6.04 Å². The summed E-state index contributed by atoms with van der Waals surface area (Å²) in [6.45, 7) is 2.76. The summed E-state index contributed by atoms with van der Waals surface area (Å²) in [6, 6.07) is 11.8. The van der Waals surface area contributed by atoms with Crippen molar-refractivity contribution in [3.8, 4) is 0 Å². The molecule has 2 aromatic rings. The van der Waals surface area contributed by atoms with Crippen LogP contribution in [0.1, 0.15) is 35.7 Å². The van der Waals surface area contributed by atoms with E-state index in [0.29, 0.717) is 6.61 Å². The molecule has 3 saturated heterocycles. The maximum absolute atomic E-state index is 14.0. The number of fused-ring (bicyclic) bond motifs is 5. The molecule has 2 amide bonds. The maximum Gasteiger partial charge on any atom is 0.270 e. The number of Topliss-reactive ketones (excluding diaryl/α,β-unsaturated/α-hetero) is 1. The highest BCUT2D eigenvalue weighted by Crippen LogP contribution is 2.50. The van der Waals surface area contributed by atoms with Crippen LogP contribution in [-0.4, -0.2) is 58.8 Å². The van der Waals surface area contributed by atoms with E-state index < -0.39 is 34.6 Å². The van der Waals surface area contributed by atoms with Gasteiger partial charge in [-0.1, -0.05) is 36.4 Å². The first-order valence-electron chi connectivity index (χ1n) is 12.2. The van der Waals surface area contributed by atoms with Crippen molar-refractivity contribution in [3.05, 3.63) is 75.8 Å². The Labute approximate surface area is 207 Å². The Hall–Kier alpha value is -3.85. The highest BCUT2D eigenvalue weighted by molar-refractivity contribution is 6.14. The lowest BCUT2D eigenvalue weighted by atomic mass is 9.85. The lowest BCUT2D eigenvalue weighted by molar-refractivity contribution is -0.384. The van der Waals surface area contributed by atoms with E-state index in [-0.39, 0.29) is 35.7 Å². The Morgan fingerprint density at radius 3 is 2.64 bits per heavy atom. The minimum atomic E-state index is -0.960. The first kappa shape index (κ1) is 22.6. The van der Waals surface area contributed by atoms with Gasteiger partial charge < -0.3 is 9.64 Å². The fourth-order valence-corrected chi connectivity index (χ4v) is 6.27. The topological polar surface area (TPSA) is 110 Å². The average Bonchev–Trinajstić information content (AvgIpc) is 3.57. The average molecular weight is 488 g/mol. The fourth-order valence-electron chi connectivity index (χ4n) is 6.27. The van der Waals surface area contributed by atoms with E-state index in [1.54, 1.807) is 0 Å². The quantitative estimate of drug-likeness (QED) is 0.276. The van der Waals surface area contributed by atoms with Crippen LogP contribution in [0.15, 0.2) is 54.6 Å². The number of hydrogen-bond donors (Lipinski definition) is 0. The summed E-state index contributed by atoms with van der Waals surface area (Å²) in [7, 11) is 0. The Bertz CT molecular complexity index is 1330. The number of amides is 2. The van der Waals surface area contributed by atoms with Crippen LogP contribution in [0.5, 0.6) is 0 Å². The maximum atomic E-state index is 14.0. The first-order chi connectivity index (χ1) is 17.4. The number of rotatable bonds is 5. The van der Waals surface area contributed by atoms with Crippen molar-refractivity contribution < 1.29 is 24.0 Å². The van der Waals surface area contributed by atoms with Gasteiger partial charge in [0, 0.05) is 35.6 Å². The smallest absolute Gasteiger partial charge is 0.270 e. The van der Waals surface area contributed by atoms with Gasteiger partial charge in [0.25, 0.3) is 5.69 Å². The number of benzene rings is 2. The molecule has 4 aliphatic heterocycles. The van der Waals surface area contributed by atoms with Crippen molar-refractivity contribution >= 4 is 34.5 Å².